The molecule has 11 nitrogen and oxygen atoms in total. The van der Waals surface area contributed by atoms with Gasteiger partial charge in [-0.15, -0.1) is 0 Å². The smallest absolute Gasteiger partial charge is 0.348 e. The molecule has 0 bridgehead atoms. The van der Waals surface area contributed by atoms with Crippen LogP contribution in [0.15, 0.2) is 24.3 Å². The van der Waals surface area contributed by atoms with Crippen LogP contribution in [-0.4, -0.2) is 54.2 Å². The predicted octanol–water partition coefficient (Wildman–Crippen LogP) is 1.93. The van der Waals surface area contributed by atoms with Gasteiger partial charge in [-0.3, -0.25) is 25.0 Å². The summed E-state index contributed by atoms with van der Waals surface area (Å²) in [5, 5.41) is 16.1. The van der Waals surface area contributed by atoms with Crippen molar-refractivity contribution in [3.05, 3.63) is 45.6 Å². The van der Waals surface area contributed by atoms with Crippen molar-refractivity contribution in [1.29, 1.82) is 0 Å². The molecular formula is C18H23N5O6S. The summed E-state index contributed by atoms with van der Waals surface area (Å²) in [6.45, 7) is 4.42. The third-order valence-electron chi connectivity index (χ3n) is 3.81. The van der Waals surface area contributed by atoms with Gasteiger partial charge in [-0.05, 0) is 37.3 Å². The summed E-state index contributed by atoms with van der Waals surface area (Å²) in [5.74, 6) is -0.992. The molecule has 0 aliphatic heterocycles. The summed E-state index contributed by atoms with van der Waals surface area (Å²) >= 11 is 0.761. The standard InChI is InChI=1S/C18H23N5O6S/c1-11-17(23(26)27)30-18(20-11)22-16(25)13-5-3-4-6-14(13)21-15(24)12(2)29-10-9-28-8-7-19/h3-6,12H,7-10,19H2,1-2H3,(H,21,24)(H,20,22,25). The number of nitrogens with one attached hydrogen (secondary N) is 2. The number of benzene rings is 1. The second kappa shape index (κ2) is 11.3. The first-order chi connectivity index (χ1) is 14.3. The molecule has 0 spiro atoms. The highest BCUT2D eigenvalue weighted by molar-refractivity contribution is 7.19. The summed E-state index contributed by atoms with van der Waals surface area (Å²) in [6.07, 6.45) is -0.771. The monoisotopic (exact) mass is 437 g/mol. The van der Waals surface area contributed by atoms with Gasteiger partial charge in [-0.1, -0.05) is 12.1 Å². The van der Waals surface area contributed by atoms with Crippen molar-refractivity contribution in [3.8, 4) is 0 Å². The van der Waals surface area contributed by atoms with Crippen LogP contribution < -0.4 is 16.4 Å². The molecule has 4 N–H and O–H groups in total. The predicted molar refractivity (Wildman–Crippen MR) is 112 cm³/mol. The van der Waals surface area contributed by atoms with Crippen LogP contribution in [0.2, 0.25) is 0 Å². The molecule has 30 heavy (non-hydrogen) atoms. The SMILES string of the molecule is Cc1nc(NC(=O)c2ccccc2NC(=O)C(C)OCCOCCN)sc1[N+](=O)[O-]. The molecule has 2 rings (SSSR count). The van der Waals surface area contributed by atoms with E-state index in [4.69, 9.17) is 15.2 Å². The van der Waals surface area contributed by atoms with Crippen LogP contribution >= 0.6 is 11.3 Å². The number of amides is 2. The fraction of sp³-hybridized carbons (Fsp3) is 0.389. The number of thiazole rings is 1. The van der Waals surface area contributed by atoms with Crippen molar-refractivity contribution in [2.45, 2.75) is 20.0 Å². The van der Waals surface area contributed by atoms with Crippen LogP contribution in [0.3, 0.4) is 0 Å². The van der Waals surface area contributed by atoms with Crippen LogP contribution in [0.5, 0.6) is 0 Å². The van der Waals surface area contributed by atoms with Crippen molar-refractivity contribution in [2.75, 3.05) is 37.0 Å². The van der Waals surface area contributed by atoms with Crippen molar-refractivity contribution >= 4 is 39.0 Å². The maximum absolute atomic E-state index is 12.6. The van der Waals surface area contributed by atoms with Crippen LogP contribution in [0, 0.1) is 17.0 Å². The van der Waals surface area contributed by atoms with Gasteiger partial charge in [0.2, 0.25) is 0 Å². The first-order valence-corrected chi connectivity index (χ1v) is 9.87. The van der Waals surface area contributed by atoms with Crippen molar-refractivity contribution in [3.63, 3.8) is 0 Å². The molecule has 0 saturated carbocycles. The Hall–Kier alpha value is -2.93. The zero-order chi connectivity index (χ0) is 22.1. The number of nitrogens with two attached hydrogens (primary N) is 1. The van der Waals surface area contributed by atoms with E-state index >= 15 is 0 Å². The minimum Gasteiger partial charge on any atom is -0.378 e. The zero-order valence-electron chi connectivity index (χ0n) is 16.5. The zero-order valence-corrected chi connectivity index (χ0v) is 17.4. The van der Waals surface area contributed by atoms with Gasteiger partial charge >= 0.3 is 5.00 Å². The average molecular weight is 437 g/mol. The van der Waals surface area contributed by atoms with Gasteiger partial charge in [0, 0.05) is 6.54 Å². The number of nitro groups is 1. The Kier molecular flexibility index (Phi) is 8.80. The Bertz CT molecular complexity index is 903. The second-order valence-electron chi connectivity index (χ2n) is 6.07. The lowest BCUT2D eigenvalue weighted by Gasteiger charge is -2.15. The quantitative estimate of drug-likeness (QED) is 0.273. The third kappa shape index (κ3) is 6.56. The molecule has 162 valence electrons. The number of hydrogen-bond donors (Lipinski definition) is 3. The van der Waals surface area contributed by atoms with Gasteiger partial charge in [-0.25, -0.2) is 4.98 Å². The van der Waals surface area contributed by atoms with Crippen molar-refractivity contribution in [1.82, 2.24) is 4.98 Å². The highest BCUT2D eigenvalue weighted by Gasteiger charge is 2.21. The van der Waals surface area contributed by atoms with E-state index in [0.29, 0.717) is 19.8 Å². The van der Waals surface area contributed by atoms with Gasteiger partial charge in [0.1, 0.15) is 11.8 Å². The fourth-order valence-corrected chi connectivity index (χ4v) is 3.12. The Morgan fingerprint density at radius 2 is 2.00 bits per heavy atom. The summed E-state index contributed by atoms with van der Waals surface area (Å²) in [5.41, 5.74) is 5.99. The number of para-hydroxylation sites is 1. The number of hydrogen-bond acceptors (Lipinski definition) is 9. The molecule has 12 heteroatoms. The van der Waals surface area contributed by atoms with E-state index in [2.05, 4.69) is 15.6 Å². The third-order valence-corrected chi connectivity index (χ3v) is 4.84. The number of carbonyl (C=O) groups is 2. The summed E-state index contributed by atoms with van der Waals surface area (Å²) in [6, 6.07) is 6.39. The van der Waals surface area contributed by atoms with Crippen molar-refractivity contribution in [2.24, 2.45) is 5.73 Å². The fourth-order valence-electron chi connectivity index (χ4n) is 2.35. The maximum atomic E-state index is 12.6. The van der Waals surface area contributed by atoms with E-state index in [-0.39, 0.29) is 33.7 Å². The molecule has 2 amide bonds. The van der Waals surface area contributed by atoms with Gasteiger partial charge in [-0.2, -0.15) is 0 Å². The highest BCUT2D eigenvalue weighted by atomic mass is 32.1. The molecule has 0 saturated heterocycles. The molecule has 1 heterocycles. The first kappa shape index (κ1) is 23.3. The average Bonchev–Trinajstić information content (AvgIpc) is 3.08. The lowest BCUT2D eigenvalue weighted by molar-refractivity contribution is -0.380. The lowest BCUT2D eigenvalue weighted by Crippen LogP contribution is -2.30. The minimum atomic E-state index is -0.771. The van der Waals surface area contributed by atoms with E-state index < -0.39 is 22.8 Å². The number of aryl methyl sites for hydroxylation is 1. The molecule has 0 aliphatic rings. The van der Waals surface area contributed by atoms with Crippen LogP contribution in [-0.2, 0) is 14.3 Å². The number of anilines is 2. The van der Waals surface area contributed by atoms with Gasteiger partial charge in [0.15, 0.2) is 5.13 Å². The number of ether oxygens (including phenoxy) is 2. The van der Waals surface area contributed by atoms with Crippen LogP contribution in [0.4, 0.5) is 15.8 Å². The van der Waals surface area contributed by atoms with E-state index in [9.17, 15) is 19.7 Å². The lowest BCUT2D eigenvalue weighted by atomic mass is 10.1. The molecule has 0 radical (unpaired) electrons. The van der Waals surface area contributed by atoms with Crippen LogP contribution in [0.25, 0.3) is 0 Å². The Morgan fingerprint density at radius 3 is 2.67 bits per heavy atom. The largest absolute Gasteiger partial charge is 0.378 e. The molecule has 0 aliphatic carbocycles. The number of carbonyl (C=O) groups excluding carboxylic acids is 2. The van der Waals surface area contributed by atoms with Gasteiger partial charge in [0.05, 0.1) is 36.0 Å². The Morgan fingerprint density at radius 1 is 1.27 bits per heavy atom. The number of rotatable bonds is 11. The number of nitrogens with zero attached hydrogens (tertiary/aromatic N) is 2. The molecule has 1 aromatic heterocycles. The summed E-state index contributed by atoms with van der Waals surface area (Å²) in [4.78, 5) is 39.4. The normalized spacial score (nSPS) is 11.7. The van der Waals surface area contributed by atoms with E-state index in [0.717, 1.165) is 11.3 Å². The van der Waals surface area contributed by atoms with Crippen molar-refractivity contribution < 1.29 is 24.0 Å². The Balaban J connectivity index is 2.01. The second-order valence-corrected chi connectivity index (χ2v) is 7.05. The number of aromatic nitrogens is 1. The molecule has 1 aromatic carbocycles. The molecule has 0 fully saturated rings. The first-order valence-electron chi connectivity index (χ1n) is 9.06. The topological polar surface area (TPSA) is 159 Å². The minimum absolute atomic E-state index is 0.0968. The van der Waals surface area contributed by atoms with Crippen LogP contribution in [0.1, 0.15) is 23.0 Å². The summed E-state index contributed by atoms with van der Waals surface area (Å²) < 4.78 is 10.6. The maximum Gasteiger partial charge on any atom is 0.348 e. The van der Waals surface area contributed by atoms with E-state index in [1.807, 2.05) is 0 Å². The molecule has 1 unspecified atom stereocenters. The van der Waals surface area contributed by atoms with E-state index in [1.165, 1.54) is 13.0 Å². The molecule has 1 atom stereocenters. The van der Waals surface area contributed by atoms with E-state index in [1.54, 1.807) is 25.1 Å². The highest BCUT2D eigenvalue weighted by Crippen LogP contribution is 2.30. The van der Waals surface area contributed by atoms with Gasteiger partial charge in [0.25, 0.3) is 11.8 Å². The Labute approximate surface area is 176 Å². The summed E-state index contributed by atoms with van der Waals surface area (Å²) in [7, 11) is 0. The molecule has 2 aromatic rings. The molecular weight excluding hydrogens is 414 g/mol. The van der Waals surface area contributed by atoms with Gasteiger partial charge < -0.3 is 20.5 Å².